The molecule has 1 heterocycles. The molecule has 2 aromatic carbocycles. The Morgan fingerprint density at radius 3 is 2.50 bits per heavy atom. The number of hydrogen-bond donors (Lipinski definition) is 1. The summed E-state index contributed by atoms with van der Waals surface area (Å²) < 4.78 is 37.4. The van der Waals surface area contributed by atoms with Crippen molar-refractivity contribution in [1.29, 1.82) is 0 Å². The fourth-order valence-electron chi connectivity index (χ4n) is 3.93. The molecule has 9 nitrogen and oxygen atoms in total. The van der Waals surface area contributed by atoms with E-state index in [4.69, 9.17) is 21.1 Å². The Morgan fingerprint density at radius 2 is 1.83 bits per heavy atom. The van der Waals surface area contributed by atoms with E-state index in [1.807, 2.05) is 13.0 Å². The first kappa shape index (κ1) is 27.6. The second-order valence-corrected chi connectivity index (χ2v) is 10.8. The van der Waals surface area contributed by atoms with Crippen molar-refractivity contribution < 1.29 is 27.5 Å². The molecule has 36 heavy (non-hydrogen) atoms. The van der Waals surface area contributed by atoms with E-state index in [1.165, 1.54) is 9.21 Å². The molecule has 0 aliphatic carbocycles. The molecule has 0 aromatic heterocycles. The smallest absolute Gasteiger partial charge is 0.242 e. The average molecular weight is 538 g/mol. The van der Waals surface area contributed by atoms with Gasteiger partial charge in [0.15, 0.2) is 11.5 Å². The van der Waals surface area contributed by atoms with Gasteiger partial charge in [0.1, 0.15) is 19.3 Å². The number of hydrogen-bond acceptors (Lipinski definition) is 6. The maximum atomic E-state index is 13.3. The standard InChI is InChI=1S/C25H32ClN3O6S/c1-4-27-25(31)18(2)28(17-19-7-5-8-20(26)15-19)24(30)9-6-12-29(36(3,32)33)21-10-11-22-23(16-21)35-14-13-34-22/h5,7-8,10-11,15-16,18H,4,6,9,12-14,17H2,1-3H3,(H,27,31)/t18-/m1/s1. The Kier molecular flexibility index (Phi) is 9.44. The molecule has 0 fully saturated rings. The third-order valence-electron chi connectivity index (χ3n) is 5.73. The Morgan fingerprint density at radius 1 is 1.11 bits per heavy atom. The summed E-state index contributed by atoms with van der Waals surface area (Å²) in [6.45, 7) is 5.04. The van der Waals surface area contributed by atoms with Crippen LogP contribution in [0.25, 0.3) is 0 Å². The lowest BCUT2D eigenvalue weighted by Gasteiger charge is -2.29. The molecule has 2 aromatic rings. The van der Waals surface area contributed by atoms with Crippen molar-refractivity contribution in [2.24, 2.45) is 0 Å². The lowest BCUT2D eigenvalue weighted by atomic mass is 10.1. The maximum Gasteiger partial charge on any atom is 0.242 e. The number of benzene rings is 2. The fraction of sp³-hybridized carbons (Fsp3) is 0.440. The molecule has 0 spiro atoms. The van der Waals surface area contributed by atoms with Crippen molar-refractivity contribution in [3.8, 4) is 11.5 Å². The van der Waals surface area contributed by atoms with Crippen LogP contribution in [0.3, 0.4) is 0 Å². The van der Waals surface area contributed by atoms with Gasteiger partial charge in [0.25, 0.3) is 0 Å². The zero-order valence-electron chi connectivity index (χ0n) is 20.7. The Hall–Kier alpha value is -2.98. The third-order valence-corrected chi connectivity index (χ3v) is 7.16. The van der Waals surface area contributed by atoms with E-state index in [-0.39, 0.29) is 37.7 Å². The number of amides is 2. The van der Waals surface area contributed by atoms with Gasteiger partial charge in [-0.15, -0.1) is 0 Å². The van der Waals surface area contributed by atoms with Crippen molar-refractivity contribution in [3.05, 3.63) is 53.1 Å². The summed E-state index contributed by atoms with van der Waals surface area (Å²) in [6.07, 6.45) is 1.43. The first-order chi connectivity index (χ1) is 17.1. The topological polar surface area (TPSA) is 105 Å². The number of carbonyl (C=O) groups excluding carboxylic acids is 2. The molecule has 0 bridgehead atoms. The van der Waals surface area contributed by atoms with Crippen LogP contribution in [0, 0.1) is 0 Å². The Labute approximate surface area is 217 Å². The number of rotatable bonds is 11. The molecule has 11 heteroatoms. The van der Waals surface area contributed by atoms with Crippen molar-refractivity contribution in [2.45, 2.75) is 39.3 Å². The molecule has 0 saturated heterocycles. The summed E-state index contributed by atoms with van der Waals surface area (Å²) in [7, 11) is -3.62. The van der Waals surface area contributed by atoms with Crippen LogP contribution in [0.1, 0.15) is 32.3 Å². The van der Waals surface area contributed by atoms with E-state index in [1.54, 1.807) is 43.3 Å². The zero-order valence-corrected chi connectivity index (χ0v) is 22.3. The normalized spacial score (nSPS) is 13.6. The minimum absolute atomic E-state index is 0.0564. The number of likely N-dealkylation sites (N-methyl/N-ethyl adjacent to an activating group) is 1. The number of ether oxygens (including phenoxy) is 2. The Bertz CT molecular complexity index is 1190. The fourth-order valence-corrected chi connectivity index (χ4v) is 5.10. The van der Waals surface area contributed by atoms with Crippen molar-refractivity contribution in [3.63, 3.8) is 0 Å². The van der Waals surface area contributed by atoms with Crippen molar-refractivity contribution in [1.82, 2.24) is 10.2 Å². The molecular weight excluding hydrogens is 506 g/mol. The molecule has 0 unspecified atom stereocenters. The highest BCUT2D eigenvalue weighted by atomic mass is 35.5. The van der Waals surface area contributed by atoms with E-state index in [2.05, 4.69) is 5.32 Å². The quantitative estimate of drug-likeness (QED) is 0.472. The van der Waals surface area contributed by atoms with E-state index in [0.29, 0.717) is 42.0 Å². The maximum absolute atomic E-state index is 13.3. The van der Waals surface area contributed by atoms with E-state index < -0.39 is 16.1 Å². The van der Waals surface area contributed by atoms with Crippen molar-refractivity contribution >= 4 is 39.1 Å². The molecule has 1 N–H and O–H groups in total. The number of sulfonamides is 1. The first-order valence-electron chi connectivity index (χ1n) is 11.8. The molecule has 0 saturated carbocycles. The monoisotopic (exact) mass is 537 g/mol. The first-order valence-corrected chi connectivity index (χ1v) is 14.0. The molecule has 1 aliphatic rings. The predicted octanol–water partition coefficient (Wildman–Crippen LogP) is 3.21. The molecule has 1 atom stereocenters. The highest BCUT2D eigenvalue weighted by Crippen LogP contribution is 2.34. The molecule has 196 valence electrons. The SMILES string of the molecule is CCNC(=O)[C@@H](C)N(Cc1cccc(Cl)c1)C(=O)CCCN(c1ccc2c(c1)OCCO2)S(C)(=O)=O. The van der Waals surface area contributed by atoms with Gasteiger partial charge >= 0.3 is 0 Å². The lowest BCUT2D eigenvalue weighted by Crippen LogP contribution is -2.47. The summed E-state index contributed by atoms with van der Waals surface area (Å²) in [6, 6.07) is 11.4. The molecule has 2 amide bonds. The number of nitrogens with one attached hydrogen (secondary N) is 1. The van der Waals surface area contributed by atoms with Crippen LogP contribution < -0.4 is 19.1 Å². The third kappa shape index (κ3) is 7.27. The number of anilines is 1. The van der Waals surface area contributed by atoms with E-state index in [9.17, 15) is 18.0 Å². The predicted molar refractivity (Wildman–Crippen MR) is 139 cm³/mol. The summed E-state index contributed by atoms with van der Waals surface area (Å²) in [5.74, 6) is 0.517. The number of halogens is 1. The van der Waals surface area contributed by atoms with Gasteiger partial charge in [-0.1, -0.05) is 23.7 Å². The van der Waals surface area contributed by atoms with Gasteiger partial charge < -0.3 is 19.7 Å². The number of nitrogens with zero attached hydrogens (tertiary/aromatic N) is 2. The van der Waals surface area contributed by atoms with Gasteiger partial charge in [0.05, 0.1) is 11.9 Å². The van der Waals surface area contributed by atoms with E-state index in [0.717, 1.165) is 11.8 Å². The van der Waals surface area contributed by atoms with Crippen LogP contribution in [0.4, 0.5) is 5.69 Å². The number of carbonyl (C=O) groups is 2. The van der Waals surface area contributed by atoms with Crippen molar-refractivity contribution in [2.75, 3.05) is 36.9 Å². The summed E-state index contributed by atoms with van der Waals surface area (Å²) >= 11 is 6.10. The molecule has 3 rings (SSSR count). The molecular formula is C25H32ClN3O6S. The van der Waals surface area contributed by atoms with Crippen LogP contribution in [-0.4, -0.2) is 63.7 Å². The minimum atomic E-state index is -3.62. The highest BCUT2D eigenvalue weighted by molar-refractivity contribution is 7.92. The summed E-state index contributed by atoms with van der Waals surface area (Å²) in [5, 5.41) is 3.29. The highest BCUT2D eigenvalue weighted by Gasteiger charge is 2.27. The van der Waals surface area contributed by atoms with Gasteiger partial charge in [-0.25, -0.2) is 8.42 Å². The summed E-state index contributed by atoms with van der Waals surface area (Å²) in [4.78, 5) is 27.3. The second-order valence-electron chi connectivity index (χ2n) is 8.49. The average Bonchev–Trinajstić information content (AvgIpc) is 2.83. The summed E-state index contributed by atoms with van der Waals surface area (Å²) in [5.41, 5.74) is 1.22. The zero-order chi connectivity index (χ0) is 26.3. The van der Waals surface area contributed by atoms with Crippen LogP contribution in [0.2, 0.25) is 5.02 Å². The van der Waals surface area contributed by atoms with Gasteiger partial charge in [0.2, 0.25) is 21.8 Å². The molecule has 1 aliphatic heterocycles. The van der Waals surface area contributed by atoms with Gasteiger partial charge in [-0.3, -0.25) is 13.9 Å². The van der Waals surface area contributed by atoms with Gasteiger partial charge in [0, 0.05) is 37.1 Å². The van der Waals surface area contributed by atoms with Crippen LogP contribution in [0.5, 0.6) is 11.5 Å². The van der Waals surface area contributed by atoms with Crippen LogP contribution in [0.15, 0.2) is 42.5 Å². The Balaban J connectivity index is 1.73. The van der Waals surface area contributed by atoms with Gasteiger partial charge in [-0.05, 0) is 50.1 Å². The van der Waals surface area contributed by atoms with Gasteiger partial charge in [-0.2, -0.15) is 0 Å². The van der Waals surface area contributed by atoms with Crippen LogP contribution >= 0.6 is 11.6 Å². The van der Waals surface area contributed by atoms with Crippen LogP contribution in [-0.2, 0) is 26.2 Å². The second kappa shape index (κ2) is 12.3. The van der Waals surface area contributed by atoms with E-state index >= 15 is 0 Å². The number of fused-ring (bicyclic) bond motifs is 1. The minimum Gasteiger partial charge on any atom is -0.486 e. The largest absolute Gasteiger partial charge is 0.486 e. The lowest BCUT2D eigenvalue weighted by molar-refractivity contribution is -0.140. The molecule has 0 radical (unpaired) electrons.